The van der Waals surface area contributed by atoms with Crippen LogP contribution in [0.4, 0.5) is 4.79 Å². The highest BCUT2D eigenvalue weighted by Crippen LogP contribution is 2.44. The van der Waals surface area contributed by atoms with Crippen LogP contribution in [0, 0.1) is 24.2 Å². The minimum Gasteiger partial charge on any atom is -0.385 e. The number of carbonyl (C=O) groups excluding carboxylic acids is 1. The highest BCUT2D eigenvalue weighted by atomic mass is 16.2. The van der Waals surface area contributed by atoms with Gasteiger partial charge in [0, 0.05) is 0 Å². The number of rotatable bonds is 1. The third kappa shape index (κ3) is 1.61. The molecule has 0 aromatic carbocycles. The van der Waals surface area contributed by atoms with Crippen LogP contribution in [0.3, 0.4) is 0 Å². The van der Waals surface area contributed by atoms with Crippen LogP contribution in [0.1, 0.15) is 40.0 Å². The maximum absolute atomic E-state index is 12.0. The predicted molar refractivity (Wildman–Crippen MR) is 72.1 cm³/mol. The standard InChI is InChI=1S/C14H21N3O/c1-5-11(4)17-13(18)16-12(15)14(17)7-6-9(2)8-10(14)3/h1,9-11H,6-8H2,2-4H3,(H2,15,16,18). The molecule has 1 aliphatic heterocycles. The second-order valence-corrected chi connectivity index (χ2v) is 5.70. The van der Waals surface area contributed by atoms with Gasteiger partial charge in [-0.15, -0.1) is 6.42 Å². The van der Waals surface area contributed by atoms with Crippen LogP contribution in [-0.2, 0) is 0 Å². The molecule has 0 saturated heterocycles. The number of hydrogen-bond donors (Lipinski definition) is 1. The lowest BCUT2D eigenvalue weighted by Gasteiger charge is -2.48. The zero-order valence-corrected chi connectivity index (χ0v) is 11.3. The van der Waals surface area contributed by atoms with Crippen molar-refractivity contribution in [1.82, 2.24) is 4.90 Å². The molecule has 98 valence electrons. The van der Waals surface area contributed by atoms with Crippen molar-refractivity contribution >= 4 is 11.9 Å². The van der Waals surface area contributed by atoms with Crippen molar-refractivity contribution in [2.45, 2.75) is 51.6 Å². The third-order valence-electron chi connectivity index (χ3n) is 4.51. The third-order valence-corrected chi connectivity index (χ3v) is 4.51. The number of nitrogens with zero attached hydrogens (tertiary/aromatic N) is 2. The lowest BCUT2D eigenvalue weighted by atomic mass is 9.68. The van der Waals surface area contributed by atoms with E-state index < -0.39 is 5.54 Å². The first-order valence-electron chi connectivity index (χ1n) is 6.57. The zero-order valence-electron chi connectivity index (χ0n) is 11.3. The zero-order chi connectivity index (χ0) is 13.5. The Balaban J connectivity index is 2.42. The van der Waals surface area contributed by atoms with Gasteiger partial charge in [0.05, 0.1) is 6.04 Å². The summed E-state index contributed by atoms with van der Waals surface area (Å²) in [5, 5.41) is 0. The maximum Gasteiger partial charge on any atom is 0.347 e. The Morgan fingerprint density at radius 3 is 2.83 bits per heavy atom. The minimum atomic E-state index is -0.449. The SMILES string of the molecule is C#CC(C)N1C(=O)N=C(N)C12CCC(C)CC2C. The number of terminal acetylenes is 1. The van der Waals surface area contributed by atoms with Crippen LogP contribution in [-0.4, -0.2) is 28.3 Å². The molecule has 1 aliphatic carbocycles. The smallest absolute Gasteiger partial charge is 0.347 e. The van der Waals surface area contributed by atoms with E-state index in [1.54, 1.807) is 4.90 Å². The Labute approximate surface area is 109 Å². The highest BCUT2D eigenvalue weighted by Gasteiger charge is 2.54. The fourth-order valence-corrected chi connectivity index (χ4v) is 3.50. The summed E-state index contributed by atoms with van der Waals surface area (Å²) in [5.41, 5.74) is 5.62. The number of aliphatic imine (C=N–C) groups is 1. The van der Waals surface area contributed by atoms with E-state index in [9.17, 15) is 4.79 Å². The Hall–Kier alpha value is -1.50. The molecule has 1 saturated carbocycles. The van der Waals surface area contributed by atoms with Crippen molar-refractivity contribution in [3.8, 4) is 12.3 Å². The topological polar surface area (TPSA) is 58.7 Å². The Kier molecular flexibility index (Phi) is 3.10. The fourth-order valence-electron chi connectivity index (χ4n) is 3.50. The van der Waals surface area contributed by atoms with Gasteiger partial charge in [-0.1, -0.05) is 19.8 Å². The van der Waals surface area contributed by atoms with Crippen molar-refractivity contribution in [1.29, 1.82) is 0 Å². The van der Waals surface area contributed by atoms with Crippen molar-refractivity contribution in [3.63, 3.8) is 0 Å². The van der Waals surface area contributed by atoms with Gasteiger partial charge in [0.2, 0.25) is 0 Å². The lowest BCUT2D eigenvalue weighted by molar-refractivity contribution is 0.0739. The molecule has 4 nitrogen and oxygen atoms in total. The summed E-state index contributed by atoms with van der Waals surface area (Å²) in [6, 6.07) is -0.544. The quantitative estimate of drug-likeness (QED) is 0.720. The summed E-state index contributed by atoms with van der Waals surface area (Å²) >= 11 is 0. The van der Waals surface area contributed by atoms with Gasteiger partial charge < -0.3 is 5.73 Å². The number of amides is 2. The number of amidine groups is 1. The first kappa shape index (κ1) is 12.9. The van der Waals surface area contributed by atoms with Gasteiger partial charge in [0.1, 0.15) is 11.4 Å². The minimum absolute atomic E-state index is 0.266. The van der Waals surface area contributed by atoms with Crippen LogP contribution in [0.25, 0.3) is 0 Å². The predicted octanol–water partition coefficient (Wildman–Crippen LogP) is 2.00. The van der Waals surface area contributed by atoms with E-state index in [1.165, 1.54) is 0 Å². The molecule has 2 aliphatic rings. The van der Waals surface area contributed by atoms with E-state index in [0.29, 0.717) is 17.7 Å². The molecule has 0 aromatic heterocycles. The first-order chi connectivity index (χ1) is 8.43. The van der Waals surface area contributed by atoms with Crippen LogP contribution >= 0.6 is 0 Å². The van der Waals surface area contributed by atoms with E-state index in [1.807, 2.05) is 6.92 Å². The molecule has 1 heterocycles. The molecule has 2 rings (SSSR count). The van der Waals surface area contributed by atoms with Crippen molar-refractivity contribution in [2.75, 3.05) is 0 Å². The van der Waals surface area contributed by atoms with Gasteiger partial charge in [-0.2, -0.15) is 4.99 Å². The summed E-state index contributed by atoms with van der Waals surface area (Å²) in [6.45, 7) is 6.24. The number of nitrogens with two attached hydrogens (primary N) is 1. The summed E-state index contributed by atoms with van der Waals surface area (Å²) < 4.78 is 0. The second kappa shape index (κ2) is 4.31. The average molecular weight is 247 g/mol. The van der Waals surface area contributed by atoms with Gasteiger partial charge in [0.15, 0.2) is 0 Å². The van der Waals surface area contributed by atoms with Crippen LogP contribution in [0.15, 0.2) is 4.99 Å². The second-order valence-electron chi connectivity index (χ2n) is 5.70. The number of hydrogen-bond acceptors (Lipinski definition) is 2. The molecule has 4 unspecified atom stereocenters. The fraction of sp³-hybridized carbons (Fsp3) is 0.714. The highest BCUT2D eigenvalue weighted by molar-refractivity contribution is 6.06. The summed E-state index contributed by atoms with van der Waals surface area (Å²) in [6.07, 6.45) is 8.46. The molecule has 4 atom stereocenters. The molecule has 2 amide bonds. The molecule has 2 N–H and O–H groups in total. The van der Waals surface area contributed by atoms with E-state index in [0.717, 1.165) is 19.3 Å². The Bertz CT molecular complexity index is 437. The summed E-state index contributed by atoms with van der Waals surface area (Å²) in [5.74, 6) is 4.05. The van der Waals surface area contributed by atoms with Crippen molar-refractivity contribution in [2.24, 2.45) is 22.6 Å². The average Bonchev–Trinajstić information content (AvgIpc) is 2.56. The molecule has 18 heavy (non-hydrogen) atoms. The van der Waals surface area contributed by atoms with Crippen LogP contribution in [0.2, 0.25) is 0 Å². The van der Waals surface area contributed by atoms with E-state index in [4.69, 9.17) is 12.2 Å². The molecule has 4 heteroatoms. The van der Waals surface area contributed by atoms with Gasteiger partial charge in [0.25, 0.3) is 0 Å². The van der Waals surface area contributed by atoms with Crippen molar-refractivity contribution in [3.05, 3.63) is 0 Å². The molecular weight excluding hydrogens is 226 g/mol. The van der Waals surface area contributed by atoms with E-state index in [2.05, 4.69) is 24.8 Å². The monoisotopic (exact) mass is 247 g/mol. The van der Waals surface area contributed by atoms with Crippen molar-refractivity contribution < 1.29 is 4.79 Å². The maximum atomic E-state index is 12.0. The largest absolute Gasteiger partial charge is 0.385 e. The molecule has 1 fully saturated rings. The Morgan fingerprint density at radius 2 is 2.28 bits per heavy atom. The molecule has 1 spiro atoms. The van der Waals surface area contributed by atoms with Gasteiger partial charge in [-0.3, -0.25) is 4.90 Å². The molecule has 0 aromatic rings. The molecular formula is C14H21N3O. The normalized spacial score (nSPS) is 37.6. The summed E-state index contributed by atoms with van der Waals surface area (Å²) in [4.78, 5) is 17.7. The number of urea groups is 1. The van der Waals surface area contributed by atoms with Crippen LogP contribution < -0.4 is 5.73 Å². The van der Waals surface area contributed by atoms with Crippen LogP contribution in [0.5, 0.6) is 0 Å². The van der Waals surface area contributed by atoms with Gasteiger partial charge in [-0.25, -0.2) is 4.79 Å². The van der Waals surface area contributed by atoms with Gasteiger partial charge >= 0.3 is 6.03 Å². The molecule has 0 bridgehead atoms. The Morgan fingerprint density at radius 1 is 1.61 bits per heavy atom. The number of carbonyl (C=O) groups is 1. The molecule has 0 radical (unpaired) electrons. The van der Waals surface area contributed by atoms with E-state index >= 15 is 0 Å². The summed E-state index contributed by atoms with van der Waals surface area (Å²) in [7, 11) is 0. The van der Waals surface area contributed by atoms with E-state index in [-0.39, 0.29) is 12.1 Å². The van der Waals surface area contributed by atoms with Gasteiger partial charge in [-0.05, 0) is 38.0 Å². The first-order valence-corrected chi connectivity index (χ1v) is 6.57. The lowest BCUT2D eigenvalue weighted by Crippen LogP contribution is -2.62.